The molecule has 20 heavy (non-hydrogen) atoms. The van der Waals surface area contributed by atoms with Crippen molar-refractivity contribution in [1.29, 1.82) is 0 Å². The molecule has 6 heteroatoms. The van der Waals surface area contributed by atoms with E-state index in [-0.39, 0.29) is 0 Å². The zero-order chi connectivity index (χ0) is 14.1. The number of esters is 1. The van der Waals surface area contributed by atoms with Gasteiger partial charge in [0.05, 0.1) is 18.2 Å². The molecular formula is C14H10ClN3O2. The summed E-state index contributed by atoms with van der Waals surface area (Å²) in [7, 11) is 1.34. The molecule has 0 N–H and O–H groups in total. The number of ether oxygens (including phenoxy) is 1. The number of aromatic nitrogens is 3. The van der Waals surface area contributed by atoms with Crippen molar-refractivity contribution in [3.05, 3.63) is 53.4 Å². The Morgan fingerprint density at radius 2 is 2.20 bits per heavy atom. The average molecular weight is 288 g/mol. The number of imidazole rings is 1. The third-order valence-electron chi connectivity index (χ3n) is 2.91. The Bertz CT molecular complexity index is 784. The summed E-state index contributed by atoms with van der Waals surface area (Å²) in [5.41, 5.74) is 1.77. The van der Waals surface area contributed by atoms with Crippen LogP contribution in [0, 0.1) is 0 Å². The monoisotopic (exact) mass is 287 g/mol. The Kier molecular flexibility index (Phi) is 3.12. The summed E-state index contributed by atoms with van der Waals surface area (Å²) in [4.78, 5) is 20.1. The van der Waals surface area contributed by atoms with Gasteiger partial charge in [-0.2, -0.15) is 0 Å². The maximum atomic E-state index is 11.5. The number of rotatable bonds is 2. The van der Waals surface area contributed by atoms with E-state index in [1.807, 2.05) is 18.2 Å². The molecule has 0 aliphatic rings. The second-order valence-electron chi connectivity index (χ2n) is 4.10. The van der Waals surface area contributed by atoms with Crippen molar-refractivity contribution < 1.29 is 9.53 Å². The van der Waals surface area contributed by atoms with Gasteiger partial charge >= 0.3 is 5.97 Å². The summed E-state index contributed by atoms with van der Waals surface area (Å²) < 4.78 is 6.48. The van der Waals surface area contributed by atoms with E-state index in [0.717, 1.165) is 0 Å². The molecule has 0 spiro atoms. The van der Waals surface area contributed by atoms with Gasteiger partial charge < -0.3 is 4.74 Å². The number of fused-ring (bicyclic) bond motifs is 1. The number of hydrogen-bond acceptors (Lipinski definition) is 4. The summed E-state index contributed by atoms with van der Waals surface area (Å²) in [6.45, 7) is 0. The Labute approximate surface area is 119 Å². The molecule has 0 bridgehead atoms. The quantitative estimate of drug-likeness (QED) is 0.680. The minimum Gasteiger partial charge on any atom is -0.465 e. The first-order valence-corrected chi connectivity index (χ1v) is 6.26. The zero-order valence-electron chi connectivity index (χ0n) is 10.6. The van der Waals surface area contributed by atoms with Crippen molar-refractivity contribution >= 4 is 23.1 Å². The lowest BCUT2D eigenvalue weighted by Gasteiger charge is -2.02. The first-order valence-electron chi connectivity index (χ1n) is 5.88. The van der Waals surface area contributed by atoms with E-state index in [4.69, 9.17) is 16.3 Å². The highest BCUT2D eigenvalue weighted by atomic mass is 35.5. The summed E-state index contributed by atoms with van der Waals surface area (Å²) >= 11 is 6.14. The molecule has 100 valence electrons. The van der Waals surface area contributed by atoms with Gasteiger partial charge in [0.15, 0.2) is 11.0 Å². The Morgan fingerprint density at radius 3 is 2.90 bits per heavy atom. The van der Waals surface area contributed by atoms with Gasteiger partial charge in [-0.3, -0.25) is 9.38 Å². The van der Waals surface area contributed by atoms with E-state index in [1.54, 1.807) is 28.9 Å². The lowest BCUT2D eigenvalue weighted by Crippen LogP contribution is -2.02. The van der Waals surface area contributed by atoms with Crippen LogP contribution in [0.2, 0.25) is 5.15 Å². The van der Waals surface area contributed by atoms with E-state index in [0.29, 0.717) is 27.8 Å². The largest absolute Gasteiger partial charge is 0.465 e. The molecule has 3 heterocycles. The van der Waals surface area contributed by atoms with Gasteiger partial charge in [-0.25, -0.2) is 9.78 Å². The molecule has 0 saturated carbocycles. The first-order chi connectivity index (χ1) is 9.70. The maximum absolute atomic E-state index is 11.5. The van der Waals surface area contributed by atoms with E-state index in [1.165, 1.54) is 7.11 Å². The number of halogens is 1. The first kappa shape index (κ1) is 12.6. The second kappa shape index (κ2) is 4.94. The van der Waals surface area contributed by atoms with Gasteiger partial charge in [-0.15, -0.1) is 0 Å². The van der Waals surface area contributed by atoms with Crippen LogP contribution in [-0.4, -0.2) is 27.4 Å². The molecule has 3 rings (SSSR count). The van der Waals surface area contributed by atoms with Gasteiger partial charge in [-0.05, 0) is 24.3 Å². The summed E-state index contributed by atoms with van der Waals surface area (Å²) in [6.07, 6.45) is 3.41. The predicted molar refractivity (Wildman–Crippen MR) is 74.8 cm³/mol. The van der Waals surface area contributed by atoms with E-state index >= 15 is 0 Å². The van der Waals surface area contributed by atoms with Crippen molar-refractivity contribution in [2.75, 3.05) is 7.11 Å². The molecule has 0 saturated heterocycles. The molecule has 0 unspecified atom stereocenters. The predicted octanol–water partition coefficient (Wildman–Crippen LogP) is 2.84. The molecule has 0 atom stereocenters. The highest BCUT2D eigenvalue weighted by Crippen LogP contribution is 2.25. The molecule has 0 aliphatic heterocycles. The van der Waals surface area contributed by atoms with Crippen molar-refractivity contribution in [2.45, 2.75) is 0 Å². The van der Waals surface area contributed by atoms with Crippen LogP contribution in [0.3, 0.4) is 0 Å². The van der Waals surface area contributed by atoms with Gasteiger partial charge in [0.25, 0.3) is 0 Å². The number of carbonyl (C=O) groups is 1. The van der Waals surface area contributed by atoms with Crippen LogP contribution < -0.4 is 0 Å². The highest BCUT2D eigenvalue weighted by molar-refractivity contribution is 6.33. The van der Waals surface area contributed by atoms with E-state index in [9.17, 15) is 4.79 Å². The Balaban J connectivity index is 2.20. The minimum absolute atomic E-state index is 0.316. The van der Waals surface area contributed by atoms with Gasteiger partial charge in [0.2, 0.25) is 0 Å². The van der Waals surface area contributed by atoms with Crippen LogP contribution in [0.25, 0.3) is 17.0 Å². The van der Waals surface area contributed by atoms with Crippen LogP contribution in [-0.2, 0) is 4.74 Å². The van der Waals surface area contributed by atoms with Crippen LogP contribution in [0.5, 0.6) is 0 Å². The zero-order valence-corrected chi connectivity index (χ0v) is 11.3. The summed E-state index contributed by atoms with van der Waals surface area (Å²) in [6, 6.07) is 8.85. The molecule has 0 amide bonds. The van der Waals surface area contributed by atoms with Gasteiger partial charge in [0, 0.05) is 12.4 Å². The van der Waals surface area contributed by atoms with Gasteiger partial charge in [-0.1, -0.05) is 17.7 Å². The standard InChI is InChI=1S/C14H10ClN3O2/c1-20-14(19)9-5-7-18-11(8-9)12(15)17-13(18)10-4-2-3-6-16-10/h2-8H,1H3. The SMILES string of the molecule is COC(=O)c1ccn2c(-c3ccccn3)nc(Cl)c2c1. The topological polar surface area (TPSA) is 56.5 Å². The normalized spacial score (nSPS) is 10.7. The average Bonchev–Trinajstić information content (AvgIpc) is 2.84. The molecule has 3 aromatic rings. The Hall–Kier alpha value is -2.40. The van der Waals surface area contributed by atoms with Crippen LogP contribution in [0.4, 0.5) is 0 Å². The maximum Gasteiger partial charge on any atom is 0.337 e. The molecule has 0 fully saturated rings. The van der Waals surface area contributed by atoms with E-state index in [2.05, 4.69) is 9.97 Å². The molecule has 0 aromatic carbocycles. The lowest BCUT2D eigenvalue weighted by molar-refractivity contribution is 0.0601. The minimum atomic E-state index is -0.413. The molecular weight excluding hydrogens is 278 g/mol. The molecule has 0 aliphatic carbocycles. The summed E-state index contributed by atoms with van der Waals surface area (Å²) in [5.74, 6) is 0.214. The van der Waals surface area contributed by atoms with Crippen LogP contribution in [0.1, 0.15) is 10.4 Å². The van der Waals surface area contributed by atoms with Crippen LogP contribution >= 0.6 is 11.6 Å². The number of methoxy groups -OCH3 is 1. The number of carbonyl (C=O) groups excluding carboxylic acids is 1. The number of pyridine rings is 2. The fourth-order valence-corrected chi connectivity index (χ4v) is 2.19. The number of hydrogen-bond donors (Lipinski definition) is 0. The van der Waals surface area contributed by atoms with Crippen molar-refractivity contribution in [3.63, 3.8) is 0 Å². The molecule has 0 radical (unpaired) electrons. The van der Waals surface area contributed by atoms with Crippen molar-refractivity contribution in [2.24, 2.45) is 0 Å². The van der Waals surface area contributed by atoms with Crippen molar-refractivity contribution in [1.82, 2.24) is 14.4 Å². The fraction of sp³-hybridized carbons (Fsp3) is 0.0714. The highest BCUT2D eigenvalue weighted by Gasteiger charge is 2.14. The molecule has 5 nitrogen and oxygen atoms in total. The van der Waals surface area contributed by atoms with Crippen molar-refractivity contribution in [3.8, 4) is 11.5 Å². The second-order valence-corrected chi connectivity index (χ2v) is 4.46. The summed E-state index contributed by atoms with van der Waals surface area (Å²) in [5, 5.41) is 0.316. The van der Waals surface area contributed by atoms with Crippen LogP contribution in [0.15, 0.2) is 42.7 Å². The Morgan fingerprint density at radius 1 is 1.35 bits per heavy atom. The molecule has 3 aromatic heterocycles. The smallest absolute Gasteiger partial charge is 0.337 e. The number of nitrogens with zero attached hydrogens (tertiary/aromatic N) is 3. The lowest BCUT2D eigenvalue weighted by atomic mass is 10.2. The van der Waals surface area contributed by atoms with Gasteiger partial charge in [0.1, 0.15) is 5.69 Å². The third kappa shape index (κ3) is 2.02. The third-order valence-corrected chi connectivity index (χ3v) is 3.19. The van der Waals surface area contributed by atoms with E-state index < -0.39 is 5.97 Å². The fourth-order valence-electron chi connectivity index (χ4n) is 1.97.